The van der Waals surface area contributed by atoms with Crippen molar-refractivity contribution in [2.45, 2.75) is 6.36 Å². The van der Waals surface area contributed by atoms with E-state index in [1.54, 1.807) is 12.1 Å². The van der Waals surface area contributed by atoms with Gasteiger partial charge in [-0.15, -0.1) is 13.2 Å². The van der Waals surface area contributed by atoms with Crippen LogP contribution in [0.15, 0.2) is 72.8 Å². The van der Waals surface area contributed by atoms with Crippen LogP contribution in [-0.2, 0) is 0 Å². The van der Waals surface area contributed by atoms with Crippen LogP contribution in [0.5, 0.6) is 5.75 Å². The lowest BCUT2D eigenvalue weighted by atomic mass is 10.0. The van der Waals surface area contributed by atoms with Gasteiger partial charge in [0.1, 0.15) is 5.75 Å². The number of anilines is 2. The summed E-state index contributed by atoms with van der Waals surface area (Å²) < 4.78 is 40.5. The first-order valence-electron chi connectivity index (χ1n) is 7.87. The second-order valence-corrected chi connectivity index (χ2v) is 5.63. The van der Waals surface area contributed by atoms with Crippen LogP contribution in [0.2, 0.25) is 0 Å². The van der Waals surface area contributed by atoms with Crippen molar-refractivity contribution in [2.75, 3.05) is 5.32 Å². The van der Waals surface area contributed by atoms with Gasteiger partial charge in [-0.1, -0.05) is 36.4 Å². The number of hydrogen-bond acceptors (Lipinski definition) is 3. The smallest absolute Gasteiger partial charge is 0.478 e. The summed E-state index contributed by atoms with van der Waals surface area (Å²) in [6.07, 6.45) is -4.77. The van der Waals surface area contributed by atoms with Crippen molar-refractivity contribution in [3.05, 3.63) is 78.4 Å². The SMILES string of the molecule is O=C(O)c1ccc(-c2ccccc2)cc1Nc1ccc(OC(F)(F)F)cc1. The van der Waals surface area contributed by atoms with Gasteiger partial charge >= 0.3 is 12.3 Å². The molecule has 4 nitrogen and oxygen atoms in total. The minimum absolute atomic E-state index is 0.0466. The molecule has 0 atom stereocenters. The number of benzene rings is 3. The van der Waals surface area contributed by atoms with E-state index in [2.05, 4.69) is 10.1 Å². The van der Waals surface area contributed by atoms with Crippen molar-refractivity contribution in [1.82, 2.24) is 0 Å². The molecule has 0 radical (unpaired) electrons. The molecule has 0 aromatic heterocycles. The van der Waals surface area contributed by atoms with E-state index in [0.717, 1.165) is 23.3 Å². The number of carboxylic acids is 1. The number of hydrogen-bond donors (Lipinski definition) is 2. The summed E-state index contributed by atoms with van der Waals surface area (Å²) in [6, 6.07) is 19.3. The molecule has 138 valence electrons. The summed E-state index contributed by atoms with van der Waals surface area (Å²) >= 11 is 0. The van der Waals surface area contributed by atoms with Crippen molar-refractivity contribution in [1.29, 1.82) is 0 Å². The average molecular weight is 373 g/mol. The number of halogens is 3. The molecule has 0 aliphatic heterocycles. The number of alkyl halides is 3. The zero-order chi connectivity index (χ0) is 19.4. The standard InChI is InChI=1S/C20H14F3NO3/c21-20(22,23)27-16-9-7-15(8-10-16)24-18-12-14(6-11-17(18)19(25)26)13-4-2-1-3-5-13/h1-12,24H,(H,25,26). The van der Waals surface area contributed by atoms with Gasteiger partial charge in [0.2, 0.25) is 0 Å². The van der Waals surface area contributed by atoms with E-state index < -0.39 is 12.3 Å². The van der Waals surface area contributed by atoms with Gasteiger partial charge < -0.3 is 15.2 Å². The highest BCUT2D eigenvalue weighted by atomic mass is 19.4. The number of carboxylic acid groups (broad SMARTS) is 1. The van der Waals surface area contributed by atoms with Crippen LogP contribution in [0.4, 0.5) is 24.5 Å². The van der Waals surface area contributed by atoms with Crippen molar-refractivity contribution in [2.24, 2.45) is 0 Å². The molecule has 0 heterocycles. The largest absolute Gasteiger partial charge is 0.573 e. The van der Waals surface area contributed by atoms with Crippen LogP contribution in [0.3, 0.4) is 0 Å². The molecular formula is C20H14F3NO3. The molecule has 27 heavy (non-hydrogen) atoms. The van der Waals surface area contributed by atoms with E-state index in [1.165, 1.54) is 18.2 Å². The molecule has 0 bridgehead atoms. The lowest BCUT2D eigenvalue weighted by Gasteiger charge is -2.13. The molecule has 3 aromatic carbocycles. The number of carbonyl (C=O) groups is 1. The van der Waals surface area contributed by atoms with Crippen LogP contribution in [-0.4, -0.2) is 17.4 Å². The quantitative estimate of drug-likeness (QED) is 0.603. The van der Waals surface area contributed by atoms with Crippen molar-refractivity contribution >= 4 is 17.3 Å². The molecule has 0 aliphatic rings. The maximum absolute atomic E-state index is 12.2. The average Bonchev–Trinajstić information content (AvgIpc) is 2.62. The highest BCUT2D eigenvalue weighted by molar-refractivity contribution is 5.96. The Bertz CT molecular complexity index is 939. The van der Waals surface area contributed by atoms with Gasteiger partial charge in [0.15, 0.2) is 0 Å². The first kappa shape index (κ1) is 18.3. The maximum Gasteiger partial charge on any atom is 0.573 e. The fourth-order valence-electron chi connectivity index (χ4n) is 2.54. The maximum atomic E-state index is 12.2. The zero-order valence-corrected chi connectivity index (χ0v) is 13.8. The van der Waals surface area contributed by atoms with Gasteiger partial charge in [-0.05, 0) is 47.5 Å². The predicted octanol–water partition coefficient (Wildman–Crippen LogP) is 5.69. The minimum atomic E-state index is -4.77. The predicted molar refractivity (Wildman–Crippen MR) is 95.2 cm³/mol. The fourth-order valence-corrected chi connectivity index (χ4v) is 2.54. The Morgan fingerprint density at radius 2 is 1.56 bits per heavy atom. The highest BCUT2D eigenvalue weighted by Gasteiger charge is 2.30. The third kappa shape index (κ3) is 4.78. The summed E-state index contributed by atoms with van der Waals surface area (Å²) in [5.74, 6) is -1.47. The Balaban J connectivity index is 1.89. The topological polar surface area (TPSA) is 58.6 Å². The Morgan fingerprint density at radius 1 is 0.889 bits per heavy atom. The van der Waals surface area contributed by atoms with E-state index in [4.69, 9.17) is 0 Å². The normalized spacial score (nSPS) is 11.1. The van der Waals surface area contributed by atoms with E-state index in [0.29, 0.717) is 11.4 Å². The summed E-state index contributed by atoms with van der Waals surface area (Å²) in [7, 11) is 0. The molecule has 0 fully saturated rings. The molecule has 7 heteroatoms. The molecule has 3 aromatic rings. The summed E-state index contributed by atoms with van der Waals surface area (Å²) in [4.78, 5) is 11.5. The molecule has 0 amide bonds. The Kier molecular flexibility index (Phi) is 5.03. The van der Waals surface area contributed by atoms with E-state index in [9.17, 15) is 23.1 Å². The third-order valence-electron chi connectivity index (χ3n) is 3.72. The lowest BCUT2D eigenvalue weighted by molar-refractivity contribution is -0.274. The zero-order valence-electron chi connectivity index (χ0n) is 13.8. The number of ether oxygens (including phenoxy) is 1. The molecular weight excluding hydrogens is 359 g/mol. The van der Waals surface area contributed by atoms with Crippen LogP contribution >= 0.6 is 0 Å². The summed E-state index contributed by atoms with van der Waals surface area (Å²) in [5, 5.41) is 12.3. The number of rotatable bonds is 5. The molecule has 0 spiro atoms. The minimum Gasteiger partial charge on any atom is -0.478 e. The van der Waals surface area contributed by atoms with Crippen LogP contribution in [0, 0.1) is 0 Å². The first-order chi connectivity index (χ1) is 12.8. The van der Waals surface area contributed by atoms with E-state index >= 15 is 0 Å². The van der Waals surface area contributed by atoms with E-state index in [-0.39, 0.29) is 11.3 Å². The Morgan fingerprint density at radius 3 is 2.15 bits per heavy atom. The van der Waals surface area contributed by atoms with Gasteiger partial charge in [-0.3, -0.25) is 0 Å². The number of nitrogens with one attached hydrogen (secondary N) is 1. The van der Waals surface area contributed by atoms with E-state index in [1.807, 2.05) is 30.3 Å². The van der Waals surface area contributed by atoms with Gasteiger partial charge in [0.05, 0.1) is 11.3 Å². The highest BCUT2D eigenvalue weighted by Crippen LogP contribution is 2.30. The van der Waals surface area contributed by atoms with Gasteiger partial charge in [-0.2, -0.15) is 0 Å². The second-order valence-electron chi connectivity index (χ2n) is 5.63. The molecule has 0 saturated heterocycles. The molecule has 2 N–H and O–H groups in total. The van der Waals surface area contributed by atoms with Gasteiger partial charge in [0.25, 0.3) is 0 Å². The third-order valence-corrected chi connectivity index (χ3v) is 3.72. The summed E-state index contributed by atoms with van der Waals surface area (Å²) in [6.45, 7) is 0. The fraction of sp³-hybridized carbons (Fsp3) is 0.0500. The molecule has 0 aliphatic carbocycles. The van der Waals surface area contributed by atoms with Gasteiger partial charge in [-0.25, -0.2) is 4.79 Å². The van der Waals surface area contributed by atoms with Gasteiger partial charge in [0, 0.05) is 5.69 Å². The van der Waals surface area contributed by atoms with Crippen molar-refractivity contribution < 1.29 is 27.8 Å². The molecule has 0 saturated carbocycles. The van der Waals surface area contributed by atoms with Crippen LogP contribution < -0.4 is 10.1 Å². The summed E-state index contributed by atoms with van der Waals surface area (Å²) in [5.41, 5.74) is 2.52. The lowest BCUT2D eigenvalue weighted by Crippen LogP contribution is -2.17. The van der Waals surface area contributed by atoms with Crippen LogP contribution in [0.1, 0.15) is 10.4 Å². The molecule has 0 unspecified atom stereocenters. The second kappa shape index (κ2) is 7.41. The van der Waals surface area contributed by atoms with Crippen LogP contribution in [0.25, 0.3) is 11.1 Å². The Labute approximate surface area is 152 Å². The Hall–Kier alpha value is -3.48. The monoisotopic (exact) mass is 373 g/mol. The first-order valence-corrected chi connectivity index (χ1v) is 7.87. The van der Waals surface area contributed by atoms with Crippen molar-refractivity contribution in [3.63, 3.8) is 0 Å². The molecule has 3 rings (SSSR count). The van der Waals surface area contributed by atoms with Crippen molar-refractivity contribution in [3.8, 4) is 16.9 Å². The number of aromatic carboxylic acids is 1.